The Morgan fingerprint density at radius 1 is 0.893 bits per heavy atom. The first kappa shape index (κ1) is 17.5. The van der Waals surface area contributed by atoms with E-state index in [0.29, 0.717) is 12.4 Å². The fraction of sp³-hybridized carbons (Fsp3) is 0.0455. The number of ether oxygens (including phenoxy) is 1. The van der Waals surface area contributed by atoms with E-state index >= 15 is 0 Å². The first-order chi connectivity index (χ1) is 13.9. The lowest BCUT2D eigenvalue weighted by Gasteiger charge is -2.06. The van der Waals surface area contributed by atoms with Gasteiger partial charge in [-0.3, -0.25) is 9.98 Å². The van der Waals surface area contributed by atoms with E-state index in [0.717, 1.165) is 27.2 Å². The molecule has 1 aromatic heterocycles. The van der Waals surface area contributed by atoms with Crippen LogP contribution in [0.5, 0.6) is 5.75 Å². The van der Waals surface area contributed by atoms with Gasteiger partial charge < -0.3 is 4.74 Å². The summed E-state index contributed by atoms with van der Waals surface area (Å²) in [5.41, 5.74) is 0.810. The zero-order valence-electron chi connectivity index (χ0n) is 15.0. The van der Waals surface area contributed by atoms with Crippen molar-refractivity contribution >= 4 is 35.3 Å². The molecule has 6 heteroatoms. The number of fused-ring (bicyclic) bond motifs is 2. The summed E-state index contributed by atoms with van der Waals surface area (Å²) in [6.07, 6.45) is 13.8. The highest BCUT2D eigenvalue weighted by molar-refractivity contribution is 6.16. The summed E-state index contributed by atoms with van der Waals surface area (Å²) in [5, 5.41) is 2.48. The lowest BCUT2D eigenvalue weighted by Crippen LogP contribution is -2.23. The normalized spacial score (nSPS) is 15.1. The minimum atomic E-state index is 0.443. The molecule has 0 amide bonds. The van der Waals surface area contributed by atoms with Gasteiger partial charge in [-0.05, 0) is 36.4 Å². The average Bonchev–Trinajstić information content (AvgIpc) is 2.73. The summed E-state index contributed by atoms with van der Waals surface area (Å²) in [7, 11) is 0. The second-order valence-corrected chi connectivity index (χ2v) is 5.85. The third kappa shape index (κ3) is 4.24. The van der Waals surface area contributed by atoms with Crippen LogP contribution in [0.2, 0.25) is 0 Å². The van der Waals surface area contributed by atoms with Crippen LogP contribution in [0.3, 0.4) is 0 Å². The van der Waals surface area contributed by atoms with Gasteiger partial charge in [-0.25, -0.2) is 15.0 Å². The molecule has 2 heterocycles. The lowest BCUT2D eigenvalue weighted by molar-refractivity contribution is 0.363. The van der Waals surface area contributed by atoms with Crippen LogP contribution in [0, 0.1) is 0 Å². The largest absolute Gasteiger partial charge is 0.490 e. The van der Waals surface area contributed by atoms with E-state index in [1.54, 1.807) is 24.8 Å². The SMILES string of the molecule is C1=CCOc2ccc3ncnc(c3c2)N=c2cccc/c2=C\N=CC=NC=C1. The Morgan fingerprint density at radius 2 is 1.82 bits per heavy atom. The standard InChI is InChI=1S/C22H17N5O/c1-4-10-23-11-12-24-15-17-6-2-3-7-20(17)27-22-19-14-18(28-13-5-1)8-9-21(19)25-16-26-22/h1-12,14-16H,13H2/b5-1?,10-4?,17-15+,23-11?,24-12?,27-20?. The molecule has 1 aliphatic heterocycles. The highest BCUT2D eigenvalue weighted by Crippen LogP contribution is 2.25. The molecule has 0 unspecified atom stereocenters. The Morgan fingerprint density at radius 3 is 2.82 bits per heavy atom. The molecule has 0 atom stereocenters. The Labute approximate surface area is 161 Å². The molecule has 0 saturated heterocycles. The van der Waals surface area contributed by atoms with Gasteiger partial charge >= 0.3 is 0 Å². The smallest absolute Gasteiger partial charge is 0.163 e. The summed E-state index contributed by atoms with van der Waals surface area (Å²) < 4.78 is 5.80. The minimum Gasteiger partial charge on any atom is -0.490 e. The predicted octanol–water partition coefficient (Wildman–Crippen LogP) is 2.92. The quantitative estimate of drug-likeness (QED) is 0.613. The molecule has 2 bridgehead atoms. The minimum absolute atomic E-state index is 0.443. The van der Waals surface area contributed by atoms with Crippen LogP contribution in [-0.4, -0.2) is 29.0 Å². The van der Waals surface area contributed by atoms with Crippen molar-refractivity contribution in [3.8, 4) is 5.75 Å². The molecule has 0 radical (unpaired) electrons. The van der Waals surface area contributed by atoms with Crippen LogP contribution in [0.4, 0.5) is 5.82 Å². The Kier molecular flexibility index (Phi) is 5.39. The number of hydrogen-bond acceptors (Lipinski definition) is 6. The topological polar surface area (TPSA) is 72.1 Å². The molecule has 0 fully saturated rings. The Bertz CT molecular complexity index is 1230. The van der Waals surface area contributed by atoms with Crippen LogP contribution in [0.1, 0.15) is 0 Å². The monoisotopic (exact) mass is 367 g/mol. The second kappa shape index (κ2) is 8.64. The molecule has 28 heavy (non-hydrogen) atoms. The van der Waals surface area contributed by atoms with Gasteiger partial charge in [0.25, 0.3) is 0 Å². The number of rotatable bonds is 0. The third-order valence-corrected chi connectivity index (χ3v) is 3.97. The van der Waals surface area contributed by atoms with Crippen molar-refractivity contribution < 1.29 is 4.74 Å². The summed E-state index contributed by atoms with van der Waals surface area (Å²) in [4.78, 5) is 21.9. The van der Waals surface area contributed by atoms with Crippen LogP contribution in [-0.2, 0) is 0 Å². The maximum Gasteiger partial charge on any atom is 0.163 e. The first-order valence-electron chi connectivity index (χ1n) is 8.78. The fourth-order valence-corrected chi connectivity index (χ4v) is 2.64. The number of benzene rings is 2. The van der Waals surface area contributed by atoms with Gasteiger partial charge in [-0.1, -0.05) is 24.3 Å². The van der Waals surface area contributed by atoms with E-state index in [2.05, 4.69) is 20.0 Å². The van der Waals surface area contributed by atoms with E-state index in [9.17, 15) is 0 Å². The van der Waals surface area contributed by atoms with Gasteiger partial charge in [0.1, 0.15) is 18.7 Å². The molecule has 6 nitrogen and oxygen atoms in total. The van der Waals surface area contributed by atoms with Gasteiger partial charge in [0.15, 0.2) is 5.82 Å². The predicted molar refractivity (Wildman–Crippen MR) is 112 cm³/mol. The summed E-state index contributed by atoms with van der Waals surface area (Å²) >= 11 is 0. The van der Waals surface area contributed by atoms with Crippen molar-refractivity contribution in [2.24, 2.45) is 15.0 Å². The maximum absolute atomic E-state index is 5.80. The van der Waals surface area contributed by atoms with Crippen LogP contribution >= 0.6 is 0 Å². The lowest BCUT2D eigenvalue weighted by atomic mass is 10.2. The van der Waals surface area contributed by atoms with Crippen molar-refractivity contribution in [3.05, 3.63) is 83.8 Å². The van der Waals surface area contributed by atoms with Crippen LogP contribution in [0.15, 0.2) is 88.2 Å². The van der Waals surface area contributed by atoms with E-state index in [1.807, 2.05) is 60.7 Å². The summed E-state index contributed by atoms with van der Waals surface area (Å²) in [5.74, 6) is 1.32. The second-order valence-electron chi connectivity index (χ2n) is 5.85. The molecule has 0 aliphatic carbocycles. The van der Waals surface area contributed by atoms with E-state index in [-0.39, 0.29) is 0 Å². The van der Waals surface area contributed by atoms with Gasteiger partial charge in [-0.2, -0.15) is 0 Å². The number of hydrogen-bond donors (Lipinski definition) is 0. The van der Waals surface area contributed by atoms with Gasteiger partial charge in [-0.15, -0.1) is 0 Å². The van der Waals surface area contributed by atoms with Gasteiger partial charge in [0, 0.05) is 35.4 Å². The molecule has 0 N–H and O–H groups in total. The average molecular weight is 367 g/mol. The van der Waals surface area contributed by atoms with Gasteiger partial charge in [0.05, 0.1) is 10.9 Å². The molecule has 0 saturated carbocycles. The number of nitrogens with zero attached hydrogens (tertiary/aromatic N) is 5. The Balaban J connectivity index is 1.91. The van der Waals surface area contributed by atoms with Crippen molar-refractivity contribution in [1.29, 1.82) is 0 Å². The summed E-state index contributed by atoms with van der Waals surface area (Å²) in [6, 6.07) is 13.5. The number of allylic oxidation sites excluding steroid dienone is 2. The van der Waals surface area contributed by atoms with E-state index in [4.69, 9.17) is 9.73 Å². The number of aliphatic imine (C=N–C) groups is 2. The molecule has 0 spiro atoms. The zero-order valence-corrected chi connectivity index (χ0v) is 15.0. The molecule has 4 rings (SSSR count). The molecule has 136 valence electrons. The van der Waals surface area contributed by atoms with Gasteiger partial charge in [0.2, 0.25) is 0 Å². The van der Waals surface area contributed by atoms with Crippen molar-refractivity contribution in [2.45, 2.75) is 0 Å². The van der Waals surface area contributed by atoms with Crippen molar-refractivity contribution in [3.63, 3.8) is 0 Å². The number of aromatic nitrogens is 2. The van der Waals surface area contributed by atoms with Crippen molar-refractivity contribution in [2.75, 3.05) is 6.61 Å². The van der Waals surface area contributed by atoms with Crippen LogP contribution < -0.4 is 15.3 Å². The molecular formula is C22H17N5O. The fourth-order valence-electron chi connectivity index (χ4n) is 2.64. The van der Waals surface area contributed by atoms with E-state index < -0.39 is 0 Å². The van der Waals surface area contributed by atoms with Crippen LogP contribution in [0.25, 0.3) is 17.1 Å². The molecular weight excluding hydrogens is 350 g/mol. The highest BCUT2D eigenvalue weighted by atomic mass is 16.5. The summed E-state index contributed by atoms with van der Waals surface area (Å²) in [6.45, 7) is 0.443. The Hall–Kier alpha value is -3.93. The van der Waals surface area contributed by atoms with E-state index in [1.165, 1.54) is 6.33 Å². The zero-order chi connectivity index (χ0) is 19.0. The maximum atomic E-state index is 5.80. The molecule has 1 aliphatic rings. The third-order valence-electron chi connectivity index (χ3n) is 3.97. The molecule has 3 aromatic rings. The van der Waals surface area contributed by atoms with Crippen molar-refractivity contribution in [1.82, 2.24) is 9.97 Å². The molecule has 2 aromatic carbocycles. The number of para-hydroxylation sites is 1. The first-order valence-corrected chi connectivity index (χ1v) is 8.78. The highest BCUT2D eigenvalue weighted by Gasteiger charge is 2.04.